The van der Waals surface area contributed by atoms with E-state index in [1.165, 1.54) is 5.56 Å². The van der Waals surface area contributed by atoms with Crippen LogP contribution in [0.3, 0.4) is 0 Å². The highest BCUT2D eigenvalue weighted by molar-refractivity contribution is 5.80. The van der Waals surface area contributed by atoms with Crippen molar-refractivity contribution in [2.75, 3.05) is 46.5 Å². The van der Waals surface area contributed by atoms with Gasteiger partial charge in [0.2, 0.25) is 0 Å². The van der Waals surface area contributed by atoms with Crippen molar-refractivity contribution in [2.45, 2.75) is 38.4 Å². The molecule has 2 atom stereocenters. The van der Waals surface area contributed by atoms with E-state index in [1.54, 1.807) is 0 Å². The van der Waals surface area contributed by atoms with Crippen LogP contribution in [0.4, 0.5) is 0 Å². The molecule has 144 valence electrons. The number of benzene rings is 1. The highest BCUT2D eigenvalue weighted by Gasteiger charge is 2.32. The van der Waals surface area contributed by atoms with Gasteiger partial charge in [-0.25, -0.2) is 0 Å². The van der Waals surface area contributed by atoms with Crippen molar-refractivity contribution in [3.05, 3.63) is 29.8 Å². The maximum Gasteiger partial charge on any atom is 0.193 e. The Morgan fingerprint density at radius 3 is 2.88 bits per heavy atom. The van der Waals surface area contributed by atoms with Crippen molar-refractivity contribution in [1.82, 2.24) is 10.2 Å². The quantitative estimate of drug-likeness (QED) is 0.478. The molecule has 0 aromatic heterocycles. The molecular formula is C20H31N3O3. The average Bonchev–Trinajstić information content (AvgIpc) is 3.21. The molecule has 2 aliphatic heterocycles. The van der Waals surface area contributed by atoms with Crippen molar-refractivity contribution in [3.63, 3.8) is 0 Å². The monoisotopic (exact) mass is 361 g/mol. The summed E-state index contributed by atoms with van der Waals surface area (Å²) in [7, 11) is 1.84. The standard InChI is InChI=1S/C20H31N3O3/c1-16-7-3-4-8-17(16)24-13-6-10-22-20(21-2)23-11-14-26-19(15-23)18-9-5-12-25-18/h3-4,7-8,18-19H,5-6,9-15H2,1-2H3,(H,21,22). The van der Waals surface area contributed by atoms with Crippen molar-refractivity contribution in [1.29, 1.82) is 0 Å². The Kier molecular flexibility index (Phi) is 7.14. The molecule has 2 aliphatic rings. The van der Waals surface area contributed by atoms with Crippen molar-refractivity contribution in [2.24, 2.45) is 4.99 Å². The first-order valence-corrected chi connectivity index (χ1v) is 9.65. The Labute approximate surface area is 156 Å². The molecule has 6 nitrogen and oxygen atoms in total. The van der Waals surface area contributed by atoms with Gasteiger partial charge in [0.1, 0.15) is 11.9 Å². The van der Waals surface area contributed by atoms with Crippen LogP contribution >= 0.6 is 0 Å². The Balaban J connectivity index is 1.39. The van der Waals surface area contributed by atoms with Crippen molar-refractivity contribution < 1.29 is 14.2 Å². The zero-order chi connectivity index (χ0) is 18.2. The fraction of sp³-hybridized carbons (Fsp3) is 0.650. The number of para-hydroxylation sites is 1. The van der Waals surface area contributed by atoms with Crippen LogP contribution in [0.15, 0.2) is 29.3 Å². The Hall–Kier alpha value is -1.79. The molecule has 0 bridgehead atoms. The largest absolute Gasteiger partial charge is 0.493 e. The number of guanidine groups is 1. The van der Waals surface area contributed by atoms with Crippen LogP contribution < -0.4 is 10.1 Å². The van der Waals surface area contributed by atoms with E-state index in [0.717, 1.165) is 63.8 Å². The molecule has 2 saturated heterocycles. The van der Waals surface area contributed by atoms with Gasteiger partial charge in [-0.05, 0) is 37.8 Å². The van der Waals surface area contributed by atoms with Gasteiger partial charge >= 0.3 is 0 Å². The number of hydrogen-bond donors (Lipinski definition) is 1. The van der Waals surface area contributed by atoms with Gasteiger partial charge in [0, 0.05) is 33.3 Å². The predicted octanol–water partition coefficient (Wildman–Crippen LogP) is 2.22. The van der Waals surface area contributed by atoms with Crippen LogP contribution in [0, 0.1) is 6.92 Å². The molecule has 6 heteroatoms. The van der Waals surface area contributed by atoms with E-state index in [1.807, 2.05) is 25.2 Å². The third-order valence-corrected chi connectivity index (χ3v) is 4.94. The van der Waals surface area contributed by atoms with Crippen LogP contribution in [-0.2, 0) is 9.47 Å². The zero-order valence-corrected chi connectivity index (χ0v) is 15.9. The summed E-state index contributed by atoms with van der Waals surface area (Å²) in [5, 5.41) is 3.45. The summed E-state index contributed by atoms with van der Waals surface area (Å²) in [6.45, 7) is 6.88. The van der Waals surface area contributed by atoms with Crippen molar-refractivity contribution >= 4 is 5.96 Å². The maximum absolute atomic E-state index is 5.92. The number of ether oxygens (including phenoxy) is 3. The first-order valence-electron chi connectivity index (χ1n) is 9.65. The van der Waals surface area contributed by atoms with E-state index < -0.39 is 0 Å². The van der Waals surface area contributed by atoms with Crippen LogP contribution in [0.25, 0.3) is 0 Å². The summed E-state index contributed by atoms with van der Waals surface area (Å²) in [5.41, 5.74) is 1.17. The normalized spacial score (nSPS) is 23.9. The summed E-state index contributed by atoms with van der Waals surface area (Å²) in [6.07, 6.45) is 3.54. The zero-order valence-electron chi connectivity index (χ0n) is 15.9. The Morgan fingerprint density at radius 2 is 2.12 bits per heavy atom. The molecular weight excluding hydrogens is 330 g/mol. The van der Waals surface area contributed by atoms with Crippen LogP contribution in [0.2, 0.25) is 0 Å². The first kappa shape index (κ1) is 19.0. The number of morpholine rings is 1. The van der Waals surface area contributed by atoms with Gasteiger partial charge in [0.15, 0.2) is 5.96 Å². The van der Waals surface area contributed by atoms with E-state index in [9.17, 15) is 0 Å². The lowest BCUT2D eigenvalue weighted by atomic mass is 10.1. The second kappa shape index (κ2) is 9.78. The third kappa shape index (κ3) is 5.11. The van der Waals surface area contributed by atoms with Crippen LogP contribution in [0.5, 0.6) is 5.75 Å². The number of aryl methyl sites for hydroxylation is 1. The minimum Gasteiger partial charge on any atom is -0.493 e. The van der Waals surface area contributed by atoms with Gasteiger partial charge in [-0.2, -0.15) is 0 Å². The van der Waals surface area contributed by atoms with E-state index in [2.05, 4.69) is 28.2 Å². The van der Waals surface area contributed by atoms with Gasteiger partial charge in [-0.1, -0.05) is 18.2 Å². The topological polar surface area (TPSA) is 55.3 Å². The smallest absolute Gasteiger partial charge is 0.193 e. The molecule has 0 saturated carbocycles. The average molecular weight is 361 g/mol. The molecule has 1 N–H and O–H groups in total. The SMILES string of the molecule is CN=C(NCCCOc1ccccc1C)N1CCOC(C2CCCO2)C1. The molecule has 1 aromatic carbocycles. The number of aliphatic imine (C=N–C) groups is 1. The van der Waals surface area contributed by atoms with Gasteiger partial charge < -0.3 is 24.4 Å². The minimum atomic E-state index is 0.147. The lowest BCUT2D eigenvalue weighted by molar-refractivity contribution is -0.0816. The third-order valence-electron chi connectivity index (χ3n) is 4.94. The van der Waals surface area contributed by atoms with Gasteiger partial charge in [-0.3, -0.25) is 4.99 Å². The molecule has 2 unspecified atom stereocenters. The number of hydrogen-bond acceptors (Lipinski definition) is 4. The van der Waals surface area contributed by atoms with Crippen LogP contribution in [0.1, 0.15) is 24.8 Å². The lowest BCUT2D eigenvalue weighted by Gasteiger charge is -2.37. The molecule has 26 heavy (non-hydrogen) atoms. The minimum absolute atomic E-state index is 0.147. The molecule has 3 rings (SSSR count). The summed E-state index contributed by atoms with van der Waals surface area (Å²) in [4.78, 5) is 6.71. The summed E-state index contributed by atoms with van der Waals surface area (Å²) in [6, 6.07) is 8.12. The molecule has 0 amide bonds. The number of nitrogens with zero attached hydrogens (tertiary/aromatic N) is 2. The fourth-order valence-corrected chi connectivity index (χ4v) is 3.49. The van der Waals surface area contributed by atoms with Gasteiger partial charge in [0.25, 0.3) is 0 Å². The first-order chi connectivity index (χ1) is 12.8. The second-order valence-corrected chi connectivity index (χ2v) is 6.85. The van der Waals surface area contributed by atoms with Crippen molar-refractivity contribution in [3.8, 4) is 5.75 Å². The maximum atomic E-state index is 5.92. The Bertz CT molecular complexity index is 587. The molecule has 1 aromatic rings. The van der Waals surface area contributed by atoms with E-state index in [0.29, 0.717) is 6.61 Å². The lowest BCUT2D eigenvalue weighted by Crippen LogP contribution is -2.53. The highest BCUT2D eigenvalue weighted by Crippen LogP contribution is 2.21. The second-order valence-electron chi connectivity index (χ2n) is 6.85. The molecule has 2 fully saturated rings. The Morgan fingerprint density at radius 1 is 1.27 bits per heavy atom. The molecule has 0 aliphatic carbocycles. The fourth-order valence-electron chi connectivity index (χ4n) is 3.49. The highest BCUT2D eigenvalue weighted by atomic mass is 16.5. The number of rotatable bonds is 6. The predicted molar refractivity (Wildman–Crippen MR) is 103 cm³/mol. The van der Waals surface area contributed by atoms with Gasteiger partial charge in [-0.15, -0.1) is 0 Å². The van der Waals surface area contributed by atoms with E-state index in [4.69, 9.17) is 14.2 Å². The summed E-state index contributed by atoms with van der Waals surface area (Å²) >= 11 is 0. The van der Waals surface area contributed by atoms with Gasteiger partial charge in [0.05, 0.1) is 19.3 Å². The number of nitrogens with one attached hydrogen (secondary N) is 1. The molecule has 2 heterocycles. The molecule has 0 radical (unpaired) electrons. The van der Waals surface area contributed by atoms with E-state index in [-0.39, 0.29) is 12.2 Å². The van der Waals surface area contributed by atoms with E-state index >= 15 is 0 Å². The summed E-state index contributed by atoms with van der Waals surface area (Å²) < 4.78 is 17.6. The van der Waals surface area contributed by atoms with Crippen LogP contribution in [-0.4, -0.2) is 69.6 Å². The summed E-state index contributed by atoms with van der Waals surface area (Å²) in [5.74, 6) is 1.90. The molecule has 0 spiro atoms.